The van der Waals surface area contributed by atoms with Crippen LogP contribution in [0.1, 0.15) is 26.2 Å². The van der Waals surface area contributed by atoms with Gasteiger partial charge in [-0.2, -0.15) is 10.1 Å². The van der Waals surface area contributed by atoms with Crippen molar-refractivity contribution in [3.63, 3.8) is 0 Å². The van der Waals surface area contributed by atoms with Gasteiger partial charge in [-0.05, 0) is 6.42 Å². The lowest BCUT2D eigenvalue weighted by molar-refractivity contribution is 0.712. The second-order valence-electron chi connectivity index (χ2n) is 2.72. The first-order valence-corrected chi connectivity index (χ1v) is 5.29. The largest absolute Gasteiger partial charge is 0.375 e. The van der Waals surface area contributed by atoms with Crippen LogP contribution in [-0.4, -0.2) is 11.5 Å². The molecule has 0 unspecified atom stereocenters. The number of anilines is 1. The molecule has 0 aliphatic heterocycles. The minimum atomic E-state index is 0.544. The highest BCUT2D eigenvalue weighted by molar-refractivity contribution is 7.13. The smallest absolute Gasteiger partial charge is 0.186 e. The van der Waals surface area contributed by atoms with E-state index >= 15 is 0 Å². The van der Waals surface area contributed by atoms with Crippen LogP contribution in [0.5, 0.6) is 0 Å². The van der Waals surface area contributed by atoms with Gasteiger partial charge in [0, 0.05) is 5.38 Å². The number of azo groups is 1. The molecule has 1 aromatic rings. The molecule has 0 bridgehead atoms. The molecule has 0 saturated carbocycles. The van der Waals surface area contributed by atoms with Gasteiger partial charge in [0.1, 0.15) is 0 Å². The summed E-state index contributed by atoms with van der Waals surface area (Å²) in [5.41, 5.74) is 5.44. The van der Waals surface area contributed by atoms with Gasteiger partial charge in [-0.3, -0.25) is 0 Å². The van der Waals surface area contributed by atoms with Crippen molar-refractivity contribution in [2.75, 3.05) is 12.3 Å². The summed E-state index contributed by atoms with van der Waals surface area (Å²) >= 11 is 1.39. The van der Waals surface area contributed by atoms with E-state index in [4.69, 9.17) is 5.73 Å². The zero-order chi connectivity index (χ0) is 9.52. The molecular weight excluding hydrogens is 184 g/mol. The summed E-state index contributed by atoms with van der Waals surface area (Å²) in [7, 11) is 0. The van der Waals surface area contributed by atoms with Crippen LogP contribution in [0.15, 0.2) is 15.6 Å². The van der Waals surface area contributed by atoms with Gasteiger partial charge < -0.3 is 5.73 Å². The second kappa shape index (κ2) is 5.64. The number of rotatable bonds is 5. The third-order valence-corrected chi connectivity index (χ3v) is 2.21. The number of unbranched alkanes of at least 4 members (excludes halogenated alkanes) is 2. The van der Waals surface area contributed by atoms with Crippen molar-refractivity contribution in [3.05, 3.63) is 5.38 Å². The standard InChI is InChI=1S/C8H14N4S/c1-2-3-4-5-10-12-7-6-13-8(9)11-7/h6H,2-5H2,1H3,(H2,9,11). The van der Waals surface area contributed by atoms with E-state index in [2.05, 4.69) is 22.1 Å². The van der Waals surface area contributed by atoms with Crippen LogP contribution < -0.4 is 5.73 Å². The summed E-state index contributed by atoms with van der Waals surface area (Å²) in [5, 5.41) is 10.3. The van der Waals surface area contributed by atoms with Crippen LogP contribution in [0, 0.1) is 0 Å². The first-order valence-electron chi connectivity index (χ1n) is 4.41. The van der Waals surface area contributed by atoms with E-state index in [-0.39, 0.29) is 0 Å². The lowest BCUT2D eigenvalue weighted by Gasteiger charge is -1.89. The second-order valence-corrected chi connectivity index (χ2v) is 3.61. The summed E-state index contributed by atoms with van der Waals surface area (Å²) in [4.78, 5) is 3.96. The molecule has 0 fully saturated rings. The predicted octanol–water partition coefficient (Wildman–Crippen LogP) is 3.00. The van der Waals surface area contributed by atoms with Gasteiger partial charge >= 0.3 is 0 Å². The van der Waals surface area contributed by atoms with Crippen molar-refractivity contribution in [1.29, 1.82) is 0 Å². The molecule has 0 aliphatic rings. The van der Waals surface area contributed by atoms with Gasteiger partial charge in [0.25, 0.3) is 0 Å². The topological polar surface area (TPSA) is 63.6 Å². The van der Waals surface area contributed by atoms with Crippen molar-refractivity contribution < 1.29 is 0 Å². The van der Waals surface area contributed by atoms with Crippen molar-refractivity contribution in [2.45, 2.75) is 26.2 Å². The van der Waals surface area contributed by atoms with Crippen molar-refractivity contribution >= 4 is 22.3 Å². The van der Waals surface area contributed by atoms with E-state index in [0.29, 0.717) is 10.9 Å². The quantitative estimate of drug-likeness (QED) is 0.584. The minimum absolute atomic E-state index is 0.544. The van der Waals surface area contributed by atoms with Gasteiger partial charge in [0.15, 0.2) is 10.9 Å². The average molecular weight is 198 g/mol. The Kier molecular flexibility index (Phi) is 4.39. The lowest BCUT2D eigenvalue weighted by Crippen LogP contribution is -1.80. The number of nitrogens with zero attached hydrogens (tertiary/aromatic N) is 3. The molecule has 0 amide bonds. The van der Waals surface area contributed by atoms with E-state index in [9.17, 15) is 0 Å². The molecule has 0 atom stereocenters. The molecule has 13 heavy (non-hydrogen) atoms. The van der Waals surface area contributed by atoms with Crippen LogP contribution in [-0.2, 0) is 0 Å². The fourth-order valence-electron chi connectivity index (χ4n) is 0.880. The first-order chi connectivity index (χ1) is 6.33. The number of nitrogen functional groups attached to an aromatic ring is 1. The van der Waals surface area contributed by atoms with Crippen LogP contribution in [0.3, 0.4) is 0 Å². The Balaban J connectivity index is 2.24. The van der Waals surface area contributed by atoms with Crippen LogP contribution in [0.4, 0.5) is 10.9 Å². The summed E-state index contributed by atoms with van der Waals surface area (Å²) in [5.74, 6) is 0.624. The van der Waals surface area contributed by atoms with Gasteiger partial charge in [0.2, 0.25) is 0 Å². The Morgan fingerprint density at radius 2 is 2.38 bits per heavy atom. The fraction of sp³-hybridized carbons (Fsp3) is 0.625. The predicted molar refractivity (Wildman–Crippen MR) is 55.4 cm³/mol. The van der Waals surface area contributed by atoms with Crippen LogP contribution >= 0.6 is 11.3 Å². The van der Waals surface area contributed by atoms with Crippen LogP contribution in [0.2, 0.25) is 0 Å². The molecule has 0 aromatic carbocycles. The number of hydrogen-bond donors (Lipinski definition) is 1. The Bertz CT molecular complexity index is 269. The number of thiazole rings is 1. The maximum Gasteiger partial charge on any atom is 0.186 e. The van der Waals surface area contributed by atoms with Gasteiger partial charge in [-0.25, -0.2) is 0 Å². The number of nitrogens with two attached hydrogens (primary N) is 1. The molecular formula is C8H14N4S. The number of hydrogen-bond acceptors (Lipinski definition) is 5. The normalized spacial score (nSPS) is 11.2. The van der Waals surface area contributed by atoms with Crippen molar-refractivity contribution in [3.8, 4) is 0 Å². The maximum atomic E-state index is 5.44. The van der Waals surface area contributed by atoms with Crippen molar-refractivity contribution in [1.82, 2.24) is 4.98 Å². The van der Waals surface area contributed by atoms with Gasteiger partial charge in [0.05, 0.1) is 6.54 Å². The van der Waals surface area contributed by atoms with Crippen molar-refractivity contribution in [2.24, 2.45) is 10.2 Å². The third-order valence-electron chi connectivity index (χ3n) is 1.54. The monoisotopic (exact) mass is 198 g/mol. The first kappa shape index (κ1) is 10.1. The summed E-state index contributed by atoms with van der Waals surface area (Å²) in [6.07, 6.45) is 3.51. The average Bonchev–Trinajstić information content (AvgIpc) is 2.51. The highest BCUT2D eigenvalue weighted by Gasteiger charge is 1.94. The van der Waals surface area contributed by atoms with E-state index in [1.54, 1.807) is 5.38 Å². The molecule has 1 aromatic heterocycles. The van der Waals surface area contributed by atoms with E-state index < -0.39 is 0 Å². The van der Waals surface area contributed by atoms with Gasteiger partial charge in [-0.1, -0.05) is 19.8 Å². The zero-order valence-corrected chi connectivity index (χ0v) is 8.55. The number of aromatic nitrogens is 1. The molecule has 4 nitrogen and oxygen atoms in total. The van der Waals surface area contributed by atoms with E-state index in [1.807, 2.05) is 0 Å². The highest BCUT2D eigenvalue weighted by Crippen LogP contribution is 2.18. The van der Waals surface area contributed by atoms with E-state index in [1.165, 1.54) is 24.2 Å². The molecule has 0 saturated heterocycles. The molecule has 2 N–H and O–H groups in total. The molecule has 0 aliphatic carbocycles. The summed E-state index contributed by atoms with van der Waals surface area (Å²) in [6, 6.07) is 0. The molecule has 72 valence electrons. The molecule has 1 heterocycles. The maximum absolute atomic E-state index is 5.44. The highest BCUT2D eigenvalue weighted by atomic mass is 32.1. The Hall–Kier alpha value is -0.970. The SMILES string of the molecule is CCCCCN=Nc1csc(N)n1. The lowest BCUT2D eigenvalue weighted by atomic mass is 10.3. The fourth-order valence-corrected chi connectivity index (χ4v) is 1.35. The van der Waals surface area contributed by atoms with Gasteiger partial charge in [-0.15, -0.1) is 16.5 Å². The van der Waals surface area contributed by atoms with E-state index in [0.717, 1.165) is 13.0 Å². The zero-order valence-electron chi connectivity index (χ0n) is 7.73. The molecule has 1 rings (SSSR count). The summed E-state index contributed by atoms with van der Waals surface area (Å²) < 4.78 is 0. The molecule has 5 heteroatoms. The Morgan fingerprint density at radius 3 is 3.00 bits per heavy atom. The third kappa shape index (κ3) is 3.98. The minimum Gasteiger partial charge on any atom is -0.375 e. The molecule has 0 radical (unpaired) electrons. The molecule has 0 spiro atoms. The Morgan fingerprint density at radius 1 is 1.54 bits per heavy atom. The van der Waals surface area contributed by atoms with Crippen LogP contribution in [0.25, 0.3) is 0 Å². The summed E-state index contributed by atoms with van der Waals surface area (Å²) in [6.45, 7) is 2.95. The Labute approximate surface area is 81.9 Å².